The van der Waals surface area contributed by atoms with E-state index in [9.17, 15) is 4.79 Å². The SMILES string of the molecule is Cc1ccc(SCCNC(=O)c2cccc(OCC3CCCO3)c2)cc1C. The van der Waals surface area contributed by atoms with Crippen LogP contribution in [0.5, 0.6) is 5.75 Å². The fourth-order valence-corrected chi connectivity index (χ4v) is 3.80. The molecule has 1 saturated heterocycles. The average molecular weight is 386 g/mol. The van der Waals surface area contributed by atoms with Crippen molar-refractivity contribution >= 4 is 17.7 Å². The van der Waals surface area contributed by atoms with Gasteiger partial charge in [0, 0.05) is 29.4 Å². The topological polar surface area (TPSA) is 47.6 Å². The summed E-state index contributed by atoms with van der Waals surface area (Å²) in [6.45, 7) is 6.21. The normalized spacial score (nSPS) is 16.3. The van der Waals surface area contributed by atoms with Gasteiger partial charge in [0.25, 0.3) is 5.91 Å². The van der Waals surface area contributed by atoms with Crippen LogP contribution in [-0.2, 0) is 4.74 Å². The maximum atomic E-state index is 12.4. The molecule has 1 aliphatic rings. The molecule has 5 heteroatoms. The molecule has 2 aromatic carbocycles. The first kappa shape index (κ1) is 19.8. The summed E-state index contributed by atoms with van der Waals surface area (Å²) in [5, 5.41) is 2.98. The number of rotatable bonds is 8. The minimum Gasteiger partial charge on any atom is -0.491 e. The molecule has 4 nitrogen and oxygen atoms in total. The van der Waals surface area contributed by atoms with E-state index in [1.807, 2.05) is 18.2 Å². The number of hydrogen-bond donors (Lipinski definition) is 1. The predicted octanol–water partition coefficient (Wildman–Crippen LogP) is 4.38. The van der Waals surface area contributed by atoms with E-state index in [1.165, 1.54) is 16.0 Å². The molecule has 1 fully saturated rings. The lowest BCUT2D eigenvalue weighted by molar-refractivity contribution is 0.0679. The molecule has 27 heavy (non-hydrogen) atoms. The third-order valence-corrected chi connectivity index (χ3v) is 5.69. The van der Waals surface area contributed by atoms with Crippen molar-refractivity contribution in [2.75, 3.05) is 25.5 Å². The quantitative estimate of drug-likeness (QED) is 0.541. The summed E-state index contributed by atoms with van der Waals surface area (Å²) in [6, 6.07) is 13.8. The first-order chi connectivity index (χ1) is 13.1. The Morgan fingerprint density at radius 2 is 2.11 bits per heavy atom. The van der Waals surface area contributed by atoms with Gasteiger partial charge in [0.05, 0.1) is 6.10 Å². The monoisotopic (exact) mass is 385 g/mol. The van der Waals surface area contributed by atoms with Crippen LogP contribution in [0.15, 0.2) is 47.4 Å². The molecule has 1 atom stereocenters. The fraction of sp³-hybridized carbons (Fsp3) is 0.409. The summed E-state index contributed by atoms with van der Waals surface area (Å²) >= 11 is 1.75. The van der Waals surface area contributed by atoms with E-state index in [0.29, 0.717) is 24.5 Å². The molecule has 0 radical (unpaired) electrons. The number of carbonyl (C=O) groups is 1. The van der Waals surface area contributed by atoms with Gasteiger partial charge in [0.15, 0.2) is 0 Å². The highest BCUT2D eigenvalue weighted by molar-refractivity contribution is 7.99. The molecule has 144 valence electrons. The van der Waals surface area contributed by atoms with Gasteiger partial charge in [0.1, 0.15) is 12.4 Å². The molecule has 0 aliphatic carbocycles. The van der Waals surface area contributed by atoms with Gasteiger partial charge in [-0.3, -0.25) is 4.79 Å². The van der Waals surface area contributed by atoms with E-state index >= 15 is 0 Å². The van der Waals surface area contributed by atoms with Crippen LogP contribution in [-0.4, -0.2) is 37.5 Å². The van der Waals surface area contributed by atoms with Gasteiger partial charge >= 0.3 is 0 Å². The average Bonchev–Trinajstić information content (AvgIpc) is 3.20. The Kier molecular flexibility index (Phi) is 7.18. The summed E-state index contributed by atoms with van der Waals surface area (Å²) in [7, 11) is 0. The van der Waals surface area contributed by atoms with E-state index in [1.54, 1.807) is 17.8 Å². The fourth-order valence-electron chi connectivity index (χ4n) is 2.93. The number of aryl methyl sites for hydroxylation is 2. The smallest absolute Gasteiger partial charge is 0.251 e. The molecule has 0 spiro atoms. The molecule has 1 N–H and O–H groups in total. The van der Waals surface area contributed by atoms with Gasteiger partial charge in [0.2, 0.25) is 0 Å². The highest BCUT2D eigenvalue weighted by Crippen LogP contribution is 2.21. The maximum absolute atomic E-state index is 12.4. The Morgan fingerprint density at radius 1 is 1.22 bits per heavy atom. The highest BCUT2D eigenvalue weighted by atomic mass is 32.2. The Bertz CT molecular complexity index is 772. The zero-order valence-corrected chi connectivity index (χ0v) is 16.8. The second-order valence-corrected chi connectivity index (χ2v) is 7.99. The third kappa shape index (κ3) is 6.01. The van der Waals surface area contributed by atoms with E-state index in [4.69, 9.17) is 9.47 Å². The van der Waals surface area contributed by atoms with Gasteiger partial charge in [-0.15, -0.1) is 11.8 Å². The van der Waals surface area contributed by atoms with Gasteiger partial charge in [-0.25, -0.2) is 0 Å². The summed E-state index contributed by atoms with van der Waals surface area (Å²) in [5.41, 5.74) is 3.22. The number of thioether (sulfide) groups is 1. The van der Waals surface area contributed by atoms with Crippen molar-refractivity contribution in [2.45, 2.75) is 37.7 Å². The van der Waals surface area contributed by atoms with Crippen molar-refractivity contribution < 1.29 is 14.3 Å². The minimum atomic E-state index is -0.0711. The van der Waals surface area contributed by atoms with E-state index in [-0.39, 0.29) is 12.0 Å². The van der Waals surface area contributed by atoms with Crippen molar-refractivity contribution in [3.63, 3.8) is 0 Å². The number of nitrogens with one attached hydrogen (secondary N) is 1. The van der Waals surface area contributed by atoms with Gasteiger partial charge < -0.3 is 14.8 Å². The number of ether oxygens (including phenoxy) is 2. The molecule has 1 aliphatic heterocycles. The Labute approximate surface area is 165 Å². The summed E-state index contributed by atoms with van der Waals surface area (Å²) in [5.74, 6) is 1.48. The van der Waals surface area contributed by atoms with Crippen molar-refractivity contribution in [1.82, 2.24) is 5.32 Å². The molecule has 0 bridgehead atoms. The second kappa shape index (κ2) is 9.81. The van der Waals surface area contributed by atoms with Gasteiger partial charge in [-0.1, -0.05) is 12.1 Å². The van der Waals surface area contributed by atoms with Crippen molar-refractivity contribution in [2.24, 2.45) is 0 Å². The zero-order chi connectivity index (χ0) is 19.1. The van der Waals surface area contributed by atoms with E-state index in [0.717, 1.165) is 25.2 Å². The number of carbonyl (C=O) groups excluding carboxylic acids is 1. The molecule has 2 aromatic rings. The summed E-state index contributed by atoms with van der Waals surface area (Å²) in [6.07, 6.45) is 2.31. The first-order valence-corrected chi connectivity index (χ1v) is 10.4. The predicted molar refractivity (Wildman–Crippen MR) is 110 cm³/mol. The van der Waals surface area contributed by atoms with Crippen LogP contribution in [0.2, 0.25) is 0 Å². The van der Waals surface area contributed by atoms with Crippen molar-refractivity contribution in [1.29, 1.82) is 0 Å². The van der Waals surface area contributed by atoms with Gasteiger partial charge in [-0.05, 0) is 68.1 Å². The Balaban J connectivity index is 1.43. The lowest BCUT2D eigenvalue weighted by Crippen LogP contribution is -2.25. The van der Waals surface area contributed by atoms with E-state index < -0.39 is 0 Å². The molecule has 0 aromatic heterocycles. The Morgan fingerprint density at radius 3 is 2.89 bits per heavy atom. The second-order valence-electron chi connectivity index (χ2n) is 6.82. The molecule has 1 heterocycles. The van der Waals surface area contributed by atoms with Crippen molar-refractivity contribution in [3.05, 3.63) is 59.2 Å². The standard InChI is InChI=1S/C22H27NO3S/c1-16-8-9-21(13-17(16)2)27-12-10-23-22(24)18-5-3-6-19(14-18)26-15-20-7-4-11-25-20/h3,5-6,8-9,13-14,20H,4,7,10-12,15H2,1-2H3,(H,23,24). The highest BCUT2D eigenvalue weighted by Gasteiger charge is 2.16. The van der Waals surface area contributed by atoms with Gasteiger partial charge in [-0.2, -0.15) is 0 Å². The van der Waals surface area contributed by atoms with Crippen LogP contribution in [0, 0.1) is 13.8 Å². The number of hydrogen-bond acceptors (Lipinski definition) is 4. The van der Waals surface area contributed by atoms with Crippen LogP contribution >= 0.6 is 11.8 Å². The summed E-state index contributed by atoms with van der Waals surface area (Å²) < 4.78 is 11.3. The summed E-state index contributed by atoms with van der Waals surface area (Å²) in [4.78, 5) is 13.6. The minimum absolute atomic E-state index is 0.0711. The molecule has 1 unspecified atom stereocenters. The van der Waals surface area contributed by atoms with Crippen LogP contribution in [0.25, 0.3) is 0 Å². The molecule has 3 rings (SSSR count). The molecular formula is C22H27NO3S. The molecule has 0 saturated carbocycles. The van der Waals surface area contributed by atoms with Crippen LogP contribution in [0.3, 0.4) is 0 Å². The molecular weight excluding hydrogens is 358 g/mol. The third-order valence-electron chi connectivity index (χ3n) is 4.69. The van der Waals surface area contributed by atoms with Crippen LogP contribution in [0.1, 0.15) is 34.3 Å². The zero-order valence-electron chi connectivity index (χ0n) is 16.0. The lowest BCUT2D eigenvalue weighted by atomic mass is 10.1. The Hall–Kier alpha value is -1.98. The first-order valence-electron chi connectivity index (χ1n) is 9.44. The van der Waals surface area contributed by atoms with Crippen LogP contribution < -0.4 is 10.1 Å². The molecule has 1 amide bonds. The maximum Gasteiger partial charge on any atom is 0.251 e. The van der Waals surface area contributed by atoms with E-state index in [2.05, 4.69) is 37.4 Å². The lowest BCUT2D eigenvalue weighted by Gasteiger charge is -2.12. The largest absolute Gasteiger partial charge is 0.491 e. The number of benzene rings is 2. The van der Waals surface area contributed by atoms with Crippen molar-refractivity contribution in [3.8, 4) is 5.75 Å². The van der Waals surface area contributed by atoms with Crippen LogP contribution in [0.4, 0.5) is 0 Å². The number of amides is 1.